The predicted molar refractivity (Wildman–Crippen MR) is 50.2 cm³/mol. The van der Waals surface area contributed by atoms with E-state index in [9.17, 15) is 13.0 Å². The minimum Gasteiger partial charge on any atom is -0.748 e. The lowest BCUT2D eigenvalue weighted by Crippen LogP contribution is -2.39. The van der Waals surface area contributed by atoms with Crippen molar-refractivity contribution in [2.45, 2.75) is 38.9 Å². The molecule has 2 unspecified atom stereocenters. The molecule has 0 spiro atoms. The molecule has 0 heterocycles. The van der Waals surface area contributed by atoms with E-state index in [1.54, 1.807) is 0 Å². The van der Waals surface area contributed by atoms with Gasteiger partial charge in [0, 0.05) is 0 Å². The van der Waals surface area contributed by atoms with Crippen LogP contribution in [-0.4, -0.2) is 18.2 Å². The average Bonchev–Trinajstić information content (AvgIpc) is 1.78. The Kier molecular flexibility index (Phi) is 3.02. The summed E-state index contributed by atoms with van der Waals surface area (Å²) in [5, 5.41) is -0.663. The molecular weight excluding hydrogens is 188 g/mol. The molecular formula is C9H17O3S-. The summed E-state index contributed by atoms with van der Waals surface area (Å²) in [6, 6.07) is 0. The van der Waals surface area contributed by atoms with Gasteiger partial charge in [0.2, 0.25) is 0 Å². The van der Waals surface area contributed by atoms with Crippen molar-refractivity contribution < 1.29 is 13.0 Å². The Labute approximate surface area is 80.3 Å². The molecule has 1 aliphatic rings. The Morgan fingerprint density at radius 2 is 1.46 bits per heavy atom. The molecule has 0 amide bonds. The Morgan fingerprint density at radius 3 is 1.77 bits per heavy atom. The van der Waals surface area contributed by atoms with Gasteiger partial charge in [-0.25, -0.2) is 8.42 Å². The van der Waals surface area contributed by atoms with E-state index in [1.807, 2.05) is 13.8 Å². The molecule has 1 fully saturated rings. The van der Waals surface area contributed by atoms with Crippen molar-refractivity contribution in [1.82, 2.24) is 0 Å². The van der Waals surface area contributed by atoms with E-state index in [-0.39, 0.29) is 11.8 Å². The second-order valence-corrected chi connectivity index (χ2v) is 6.02. The van der Waals surface area contributed by atoms with Crippen LogP contribution in [0.25, 0.3) is 0 Å². The lowest BCUT2D eigenvalue weighted by Gasteiger charge is -2.38. The summed E-state index contributed by atoms with van der Waals surface area (Å²) in [6.45, 7) is 5.85. The van der Waals surface area contributed by atoms with Gasteiger partial charge in [-0.15, -0.1) is 0 Å². The second kappa shape index (κ2) is 3.58. The molecule has 2 atom stereocenters. The van der Waals surface area contributed by atoms with E-state index in [1.165, 1.54) is 0 Å². The number of rotatable bonds is 1. The topological polar surface area (TPSA) is 57.2 Å². The lowest BCUT2D eigenvalue weighted by atomic mass is 9.77. The van der Waals surface area contributed by atoms with Crippen LogP contribution in [0.1, 0.15) is 33.6 Å². The van der Waals surface area contributed by atoms with Crippen LogP contribution in [0.4, 0.5) is 0 Å². The minimum atomic E-state index is -4.10. The highest BCUT2D eigenvalue weighted by Crippen LogP contribution is 2.36. The fourth-order valence-electron chi connectivity index (χ4n) is 2.76. The fourth-order valence-corrected chi connectivity index (χ4v) is 4.12. The van der Waals surface area contributed by atoms with Gasteiger partial charge in [-0.2, -0.15) is 0 Å². The van der Waals surface area contributed by atoms with Gasteiger partial charge in [0.15, 0.2) is 0 Å². The number of hydrogen-bond acceptors (Lipinski definition) is 3. The van der Waals surface area contributed by atoms with Gasteiger partial charge in [-0.3, -0.25) is 0 Å². The highest BCUT2D eigenvalue weighted by Gasteiger charge is 2.35. The number of hydrogen-bond donors (Lipinski definition) is 0. The van der Waals surface area contributed by atoms with Crippen molar-refractivity contribution >= 4 is 10.1 Å². The maximum absolute atomic E-state index is 11.0. The Hall–Kier alpha value is -0.0900. The normalized spacial score (nSPS) is 41.8. The zero-order chi connectivity index (χ0) is 10.2. The molecule has 4 heteroatoms. The molecule has 0 bridgehead atoms. The fraction of sp³-hybridized carbons (Fsp3) is 1.00. The summed E-state index contributed by atoms with van der Waals surface area (Å²) in [5.41, 5.74) is 0. The summed E-state index contributed by atoms with van der Waals surface area (Å²) in [4.78, 5) is 0. The SMILES string of the molecule is CC1CC(C)C(S(=O)(=O)[O-])C(C)C1. The highest BCUT2D eigenvalue weighted by atomic mass is 32.2. The Morgan fingerprint density at radius 1 is 1.08 bits per heavy atom. The van der Waals surface area contributed by atoms with Crippen LogP contribution >= 0.6 is 0 Å². The molecule has 0 aromatic carbocycles. The van der Waals surface area contributed by atoms with E-state index >= 15 is 0 Å². The van der Waals surface area contributed by atoms with Gasteiger partial charge in [0.1, 0.15) is 0 Å². The third-order valence-electron chi connectivity index (χ3n) is 3.00. The molecule has 78 valence electrons. The zero-order valence-electron chi connectivity index (χ0n) is 8.36. The summed E-state index contributed by atoms with van der Waals surface area (Å²) < 4.78 is 32.9. The molecule has 0 aromatic rings. The summed E-state index contributed by atoms with van der Waals surface area (Å²) in [6.07, 6.45) is 1.72. The van der Waals surface area contributed by atoms with Crippen LogP contribution in [0.15, 0.2) is 0 Å². The monoisotopic (exact) mass is 205 g/mol. The maximum Gasteiger partial charge on any atom is 0.0980 e. The quantitative estimate of drug-likeness (QED) is 0.611. The smallest absolute Gasteiger partial charge is 0.0980 e. The Bertz CT molecular complexity index is 259. The van der Waals surface area contributed by atoms with Gasteiger partial charge < -0.3 is 4.55 Å². The highest BCUT2D eigenvalue weighted by molar-refractivity contribution is 7.86. The van der Waals surface area contributed by atoms with Gasteiger partial charge >= 0.3 is 0 Å². The third kappa shape index (κ3) is 2.44. The summed E-state index contributed by atoms with van der Waals surface area (Å²) in [5.74, 6) is 0.575. The van der Waals surface area contributed by atoms with E-state index < -0.39 is 15.4 Å². The third-order valence-corrected chi connectivity index (χ3v) is 4.60. The summed E-state index contributed by atoms with van der Waals surface area (Å²) >= 11 is 0. The molecule has 3 nitrogen and oxygen atoms in total. The van der Waals surface area contributed by atoms with Gasteiger partial charge in [-0.1, -0.05) is 20.8 Å². The molecule has 13 heavy (non-hydrogen) atoms. The predicted octanol–water partition coefficient (Wildman–Crippen LogP) is 1.60. The van der Waals surface area contributed by atoms with Crippen LogP contribution in [0.2, 0.25) is 0 Å². The van der Waals surface area contributed by atoms with Crippen molar-refractivity contribution in [2.75, 3.05) is 0 Å². The maximum atomic E-state index is 11.0. The van der Waals surface area contributed by atoms with Crippen molar-refractivity contribution in [3.8, 4) is 0 Å². The van der Waals surface area contributed by atoms with Gasteiger partial charge in [0.25, 0.3) is 0 Å². The van der Waals surface area contributed by atoms with Crippen LogP contribution in [0.3, 0.4) is 0 Å². The van der Waals surface area contributed by atoms with Crippen LogP contribution in [0, 0.1) is 17.8 Å². The van der Waals surface area contributed by atoms with E-state index in [0.29, 0.717) is 5.92 Å². The van der Waals surface area contributed by atoms with Crippen LogP contribution < -0.4 is 0 Å². The molecule has 0 aromatic heterocycles. The van der Waals surface area contributed by atoms with E-state index in [2.05, 4.69) is 6.92 Å². The Balaban J connectivity index is 2.85. The second-order valence-electron chi connectivity index (χ2n) is 4.49. The zero-order valence-corrected chi connectivity index (χ0v) is 9.17. The minimum absolute atomic E-state index is 0.0150. The first-order chi connectivity index (χ1) is 5.82. The van der Waals surface area contributed by atoms with Crippen molar-refractivity contribution in [3.05, 3.63) is 0 Å². The lowest BCUT2D eigenvalue weighted by molar-refractivity contribution is 0.226. The molecule has 0 N–H and O–H groups in total. The first-order valence-electron chi connectivity index (χ1n) is 4.77. The molecule has 1 aliphatic carbocycles. The van der Waals surface area contributed by atoms with Crippen molar-refractivity contribution in [1.29, 1.82) is 0 Å². The van der Waals surface area contributed by atoms with E-state index in [0.717, 1.165) is 12.8 Å². The molecule has 0 radical (unpaired) electrons. The molecule has 0 saturated heterocycles. The summed E-state index contributed by atoms with van der Waals surface area (Å²) in [7, 11) is -4.10. The van der Waals surface area contributed by atoms with Crippen molar-refractivity contribution in [2.24, 2.45) is 17.8 Å². The largest absolute Gasteiger partial charge is 0.748 e. The first-order valence-corrected chi connectivity index (χ1v) is 6.24. The van der Waals surface area contributed by atoms with Gasteiger partial charge in [0.05, 0.1) is 15.4 Å². The first kappa shape index (κ1) is 11.0. The average molecular weight is 205 g/mol. The van der Waals surface area contributed by atoms with E-state index in [4.69, 9.17) is 0 Å². The molecule has 1 rings (SSSR count). The standard InChI is InChI=1S/C9H18O3S/c1-6-4-7(2)9(8(3)5-6)13(10,11)12/h6-9H,4-5H2,1-3H3,(H,10,11,12)/p-1. The van der Waals surface area contributed by atoms with Crippen LogP contribution in [-0.2, 0) is 10.1 Å². The van der Waals surface area contributed by atoms with Crippen LogP contribution in [0.5, 0.6) is 0 Å². The molecule has 1 saturated carbocycles. The van der Waals surface area contributed by atoms with Crippen molar-refractivity contribution in [3.63, 3.8) is 0 Å². The molecule has 0 aliphatic heterocycles. The van der Waals surface area contributed by atoms with Gasteiger partial charge in [-0.05, 0) is 30.6 Å².